The van der Waals surface area contributed by atoms with Gasteiger partial charge in [0.15, 0.2) is 0 Å². The number of unbranched alkanes of at least 4 members (excludes halogenated alkanes) is 2. The molecule has 2 amide bonds. The van der Waals surface area contributed by atoms with Gasteiger partial charge in [-0.25, -0.2) is 0 Å². The Labute approximate surface area is 179 Å². The topological polar surface area (TPSA) is 117 Å². The molecule has 0 spiro atoms. The van der Waals surface area contributed by atoms with Crippen LogP contribution in [0.3, 0.4) is 0 Å². The number of non-ortho nitro benzene ring substituents is 1. The summed E-state index contributed by atoms with van der Waals surface area (Å²) < 4.78 is 5.77. The zero-order chi connectivity index (χ0) is 22.5. The number of nitro benzene ring substituents is 1. The van der Waals surface area contributed by atoms with Crippen molar-refractivity contribution in [3.63, 3.8) is 0 Å². The van der Waals surface area contributed by atoms with E-state index in [0.717, 1.165) is 17.7 Å². The van der Waals surface area contributed by atoms with Gasteiger partial charge in [-0.1, -0.05) is 31.9 Å². The summed E-state index contributed by atoms with van der Waals surface area (Å²) in [5.41, 5.74) is 0.919. The molecular formula is C23H21N3O5. The third-order valence-electron chi connectivity index (χ3n) is 5.07. The minimum absolute atomic E-state index is 0.0602. The molecule has 8 heteroatoms. The van der Waals surface area contributed by atoms with E-state index in [1.807, 2.05) is 13.0 Å². The standard InChI is InChI=1S/C23H21N3O5/c1-3-4-5-11-25-22(27)19(15(2)20(14-24)23(25)28)13-18-9-10-21(31-18)16-7-6-8-17(12-16)26(29)30/h6-10,12-13H,3-5,11H2,1-2H3/b19-13+. The molecule has 0 aliphatic carbocycles. The van der Waals surface area contributed by atoms with Crippen LogP contribution >= 0.6 is 0 Å². The predicted molar refractivity (Wildman–Crippen MR) is 113 cm³/mol. The van der Waals surface area contributed by atoms with Gasteiger partial charge in [-0.15, -0.1) is 0 Å². The maximum Gasteiger partial charge on any atom is 0.271 e. The van der Waals surface area contributed by atoms with Crippen LogP contribution in [0.25, 0.3) is 17.4 Å². The summed E-state index contributed by atoms with van der Waals surface area (Å²) in [5.74, 6) is -0.304. The molecule has 1 aromatic heterocycles. The lowest BCUT2D eigenvalue weighted by molar-refractivity contribution is -0.384. The van der Waals surface area contributed by atoms with Crippen LogP contribution in [0.1, 0.15) is 38.9 Å². The lowest BCUT2D eigenvalue weighted by atomic mass is 9.94. The number of nitro groups is 1. The van der Waals surface area contributed by atoms with Gasteiger partial charge >= 0.3 is 0 Å². The molecule has 0 bridgehead atoms. The first-order valence-electron chi connectivity index (χ1n) is 9.91. The van der Waals surface area contributed by atoms with Gasteiger partial charge in [-0.3, -0.25) is 24.6 Å². The quantitative estimate of drug-likeness (QED) is 0.212. The minimum atomic E-state index is -0.574. The highest BCUT2D eigenvalue weighted by molar-refractivity contribution is 6.19. The zero-order valence-electron chi connectivity index (χ0n) is 17.3. The molecule has 8 nitrogen and oxygen atoms in total. The van der Waals surface area contributed by atoms with Gasteiger partial charge in [-0.05, 0) is 37.1 Å². The summed E-state index contributed by atoms with van der Waals surface area (Å²) >= 11 is 0. The van der Waals surface area contributed by atoms with Crippen LogP contribution in [0.2, 0.25) is 0 Å². The van der Waals surface area contributed by atoms with Gasteiger partial charge in [0.25, 0.3) is 17.5 Å². The number of nitriles is 1. The number of benzene rings is 1. The number of nitrogens with zero attached hydrogens (tertiary/aromatic N) is 3. The van der Waals surface area contributed by atoms with Gasteiger partial charge in [0.1, 0.15) is 23.2 Å². The number of hydrogen-bond acceptors (Lipinski definition) is 6. The molecule has 0 saturated carbocycles. The van der Waals surface area contributed by atoms with E-state index >= 15 is 0 Å². The maximum absolute atomic E-state index is 13.0. The van der Waals surface area contributed by atoms with Crippen molar-refractivity contribution in [3.8, 4) is 17.4 Å². The van der Waals surface area contributed by atoms with E-state index in [4.69, 9.17) is 4.42 Å². The molecule has 1 aliphatic heterocycles. The molecule has 0 N–H and O–H groups in total. The van der Waals surface area contributed by atoms with Crippen LogP contribution in [-0.4, -0.2) is 28.2 Å². The fourth-order valence-electron chi connectivity index (χ4n) is 3.35. The fourth-order valence-corrected chi connectivity index (χ4v) is 3.35. The summed E-state index contributed by atoms with van der Waals surface area (Å²) in [6.07, 6.45) is 3.96. The SMILES string of the molecule is CCCCCN1C(=O)C(C#N)=C(C)/C(=C\c2ccc(-c3cccc([N+](=O)[O-])c3)o2)C1=O. The van der Waals surface area contributed by atoms with Crippen LogP contribution in [0.15, 0.2) is 57.5 Å². The monoisotopic (exact) mass is 419 g/mol. The van der Waals surface area contributed by atoms with Crippen LogP contribution in [0.5, 0.6) is 0 Å². The molecule has 31 heavy (non-hydrogen) atoms. The van der Waals surface area contributed by atoms with Crippen molar-refractivity contribution in [2.24, 2.45) is 0 Å². The zero-order valence-corrected chi connectivity index (χ0v) is 17.3. The van der Waals surface area contributed by atoms with E-state index in [1.165, 1.54) is 18.2 Å². The molecule has 1 aliphatic rings. The van der Waals surface area contributed by atoms with Crippen LogP contribution in [-0.2, 0) is 9.59 Å². The second-order valence-corrected chi connectivity index (χ2v) is 7.15. The predicted octanol–water partition coefficient (Wildman–Crippen LogP) is 4.64. The Balaban J connectivity index is 1.96. The normalized spacial score (nSPS) is 15.5. The smallest absolute Gasteiger partial charge is 0.271 e. The van der Waals surface area contributed by atoms with Crippen molar-refractivity contribution in [2.75, 3.05) is 6.54 Å². The Morgan fingerprint density at radius 1 is 1.19 bits per heavy atom. The number of rotatable bonds is 7. The Bertz CT molecular complexity index is 1150. The molecule has 0 saturated heterocycles. The molecule has 0 radical (unpaired) electrons. The first kappa shape index (κ1) is 21.7. The van der Waals surface area contributed by atoms with Crippen LogP contribution in [0, 0.1) is 21.4 Å². The highest BCUT2D eigenvalue weighted by Crippen LogP contribution is 2.30. The van der Waals surface area contributed by atoms with E-state index in [9.17, 15) is 25.0 Å². The lowest BCUT2D eigenvalue weighted by Crippen LogP contribution is -2.43. The van der Waals surface area contributed by atoms with Gasteiger partial charge in [-0.2, -0.15) is 5.26 Å². The maximum atomic E-state index is 13.0. The van der Waals surface area contributed by atoms with Gasteiger partial charge in [0.05, 0.1) is 4.92 Å². The van der Waals surface area contributed by atoms with Crippen molar-refractivity contribution < 1.29 is 18.9 Å². The number of carbonyl (C=O) groups excluding carboxylic acids is 2. The molecular weight excluding hydrogens is 398 g/mol. The van der Waals surface area contributed by atoms with Crippen molar-refractivity contribution in [2.45, 2.75) is 33.1 Å². The van der Waals surface area contributed by atoms with E-state index in [-0.39, 0.29) is 23.4 Å². The average molecular weight is 419 g/mol. The molecule has 0 fully saturated rings. The summed E-state index contributed by atoms with van der Waals surface area (Å²) in [5, 5.41) is 20.4. The molecule has 2 aromatic rings. The van der Waals surface area contributed by atoms with E-state index in [0.29, 0.717) is 29.1 Å². The van der Waals surface area contributed by atoms with Gasteiger partial charge < -0.3 is 4.42 Å². The number of hydrogen-bond donors (Lipinski definition) is 0. The van der Waals surface area contributed by atoms with Crippen molar-refractivity contribution >= 4 is 23.6 Å². The van der Waals surface area contributed by atoms with E-state index in [2.05, 4.69) is 0 Å². The average Bonchev–Trinajstić information content (AvgIpc) is 3.23. The summed E-state index contributed by atoms with van der Waals surface area (Å²) in [7, 11) is 0. The number of furan rings is 1. The molecule has 0 atom stereocenters. The Kier molecular flexibility index (Phi) is 6.46. The summed E-state index contributed by atoms with van der Waals surface area (Å²) in [6.45, 7) is 3.83. The molecule has 158 valence electrons. The van der Waals surface area contributed by atoms with Crippen LogP contribution in [0.4, 0.5) is 5.69 Å². The van der Waals surface area contributed by atoms with Crippen molar-refractivity contribution in [3.05, 3.63) is 69.0 Å². The third-order valence-corrected chi connectivity index (χ3v) is 5.07. The number of amides is 2. The van der Waals surface area contributed by atoms with E-state index in [1.54, 1.807) is 31.2 Å². The summed E-state index contributed by atoms with van der Waals surface area (Å²) in [6, 6.07) is 11.2. The van der Waals surface area contributed by atoms with Crippen molar-refractivity contribution in [1.29, 1.82) is 5.26 Å². The Morgan fingerprint density at radius 2 is 1.97 bits per heavy atom. The lowest BCUT2D eigenvalue weighted by Gasteiger charge is -2.27. The second-order valence-electron chi connectivity index (χ2n) is 7.15. The molecule has 2 heterocycles. The van der Waals surface area contributed by atoms with Gasteiger partial charge in [0, 0.05) is 29.8 Å². The number of carbonyl (C=O) groups is 2. The summed E-state index contributed by atoms with van der Waals surface area (Å²) in [4.78, 5) is 37.2. The van der Waals surface area contributed by atoms with E-state index < -0.39 is 16.7 Å². The Morgan fingerprint density at radius 3 is 2.65 bits per heavy atom. The second kappa shape index (κ2) is 9.22. The van der Waals surface area contributed by atoms with Gasteiger partial charge in [0.2, 0.25) is 0 Å². The highest BCUT2D eigenvalue weighted by Gasteiger charge is 2.35. The van der Waals surface area contributed by atoms with Crippen LogP contribution < -0.4 is 0 Å². The molecule has 1 aromatic carbocycles. The molecule has 0 unspecified atom stereocenters. The largest absolute Gasteiger partial charge is 0.457 e. The fraction of sp³-hybridized carbons (Fsp3) is 0.261. The Hall–Kier alpha value is -3.99. The minimum Gasteiger partial charge on any atom is -0.457 e. The first-order valence-corrected chi connectivity index (χ1v) is 9.91. The third kappa shape index (κ3) is 4.46. The van der Waals surface area contributed by atoms with Crippen molar-refractivity contribution in [1.82, 2.24) is 4.90 Å². The first-order chi connectivity index (χ1) is 14.9. The highest BCUT2D eigenvalue weighted by atomic mass is 16.6. The molecule has 3 rings (SSSR count). The number of imide groups is 1.